The van der Waals surface area contributed by atoms with Crippen LogP contribution in [0.3, 0.4) is 0 Å². The third kappa shape index (κ3) is 7.92. The Balaban J connectivity index is 2.83. The highest BCUT2D eigenvalue weighted by Crippen LogP contribution is 1.96. The van der Waals surface area contributed by atoms with E-state index in [0.717, 1.165) is 12.8 Å². The van der Waals surface area contributed by atoms with E-state index in [1.807, 2.05) is 0 Å². The molecule has 0 aromatic heterocycles. The summed E-state index contributed by atoms with van der Waals surface area (Å²) in [6, 6.07) is 0. The lowest BCUT2D eigenvalue weighted by molar-refractivity contribution is -0.117. The Labute approximate surface area is 60.3 Å². The Morgan fingerprint density at radius 1 is 1.56 bits per heavy atom. The van der Waals surface area contributed by atoms with Gasteiger partial charge in [-0.25, -0.2) is 0 Å². The van der Waals surface area contributed by atoms with Crippen molar-refractivity contribution in [1.29, 1.82) is 0 Å². The standard InChI is InChI=1S/C6H11ClO2/c1-6(8)4-2-3-5-9-7/h2-5H2,1H3. The number of ketones is 1. The van der Waals surface area contributed by atoms with Crippen molar-refractivity contribution in [2.24, 2.45) is 0 Å². The van der Waals surface area contributed by atoms with Gasteiger partial charge in [-0.3, -0.25) is 4.29 Å². The first-order chi connectivity index (χ1) is 4.27. The van der Waals surface area contributed by atoms with Crippen LogP contribution >= 0.6 is 11.9 Å². The van der Waals surface area contributed by atoms with Gasteiger partial charge in [-0.1, -0.05) is 0 Å². The number of Topliss-reactive ketones (excluding diaryl/α,β-unsaturated/α-hetero) is 1. The maximum Gasteiger partial charge on any atom is 0.129 e. The molecular weight excluding hydrogens is 140 g/mol. The number of carbonyl (C=O) groups excluding carboxylic acids is 1. The molecule has 0 aromatic rings. The van der Waals surface area contributed by atoms with Gasteiger partial charge >= 0.3 is 0 Å². The summed E-state index contributed by atoms with van der Waals surface area (Å²) in [5.41, 5.74) is 0. The lowest BCUT2D eigenvalue weighted by Gasteiger charge is -1.93. The fourth-order valence-corrected chi connectivity index (χ4v) is 0.640. The van der Waals surface area contributed by atoms with Crippen molar-refractivity contribution >= 4 is 17.6 Å². The predicted molar refractivity (Wildman–Crippen MR) is 36.3 cm³/mol. The molecule has 0 unspecified atom stereocenters. The largest absolute Gasteiger partial charge is 0.300 e. The van der Waals surface area contributed by atoms with E-state index in [9.17, 15) is 4.79 Å². The van der Waals surface area contributed by atoms with E-state index < -0.39 is 0 Å². The summed E-state index contributed by atoms with van der Waals surface area (Å²) in [6.45, 7) is 2.12. The van der Waals surface area contributed by atoms with Gasteiger partial charge in [-0.2, -0.15) is 0 Å². The molecule has 3 heteroatoms. The van der Waals surface area contributed by atoms with E-state index in [-0.39, 0.29) is 5.78 Å². The lowest BCUT2D eigenvalue weighted by Crippen LogP contribution is -1.91. The van der Waals surface area contributed by atoms with Crippen molar-refractivity contribution in [3.05, 3.63) is 0 Å². The molecule has 9 heavy (non-hydrogen) atoms. The van der Waals surface area contributed by atoms with E-state index in [1.165, 1.54) is 0 Å². The molecular formula is C6H11ClO2. The van der Waals surface area contributed by atoms with E-state index >= 15 is 0 Å². The first kappa shape index (κ1) is 8.92. The highest BCUT2D eigenvalue weighted by atomic mass is 35.5. The number of rotatable bonds is 5. The minimum Gasteiger partial charge on any atom is -0.300 e. The van der Waals surface area contributed by atoms with E-state index in [0.29, 0.717) is 13.0 Å². The van der Waals surface area contributed by atoms with E-state index in [1.54, 1.807) is 6.92 Å². The van der Waals surface area contributed by atoms with Crippen molar-refractivity contribution in [3.8, 4) is 0 Å². The fourth-order valence-electron chi connectivity index (χ4n) is 0.531. The maximum absolute atomic E-state index is 10.3. The smallest absolute Gasteiger partial charge is 0.129 e. The Hall–Kier alpha value is -0.0800. The Kier molecular flexibility index (Phi) is 5.99. The first-order valence-electron chi connectivity index (χ1n) is 3.00. The second-order valence-electron chi connectivity index (χ2n) is 1.97. The van der Waals surface area contributed by atoms with Crippen LogP contribution in [0.4, 0.5) is 0 Å². The number of hydrogen-bond acceptors (Lipinski definition) is 2. The second-order valence-corrected chi connectivity index (χ2v) is 2.19. The summed E-state index contributed by atoms with van der Waals surface area (Å²) in [7, 11) is 0. The molecule has 0 aliphatic rings. The van der Waals surface area contributed by atoms with Gasteiger partial charge in [0.25, 0.3) is 0 Å². The average molecular weight is 151 g/mol. The number of unbranched alkanes of at least 4 members (excludes halogenated alkanes) is 1. The molecule has 0 bridgehead atoms. The third-order valence-electron chi connectivity index (χ3n) is 1.00. The SMILES string of the molecule is CC(=O)CCCCOCl. The molecule has 0 heterocycles. The van der Waals surface area contributed by atoms with Crippen molar-refractivity contribution in [1.82, 2.24) is 0 Å². The summed E-state index contributed by atoms with van der Waals surface area (Å²) in [5.74, 6) is 0.226. The predicted octanol–water partition coefficient (Wildman–Crippen LogP) is 1.92. The first-order valence-corrected chi connectivity index (χ1v) is 3.31. The molecule has 0 N–H and O–H groups in total. The van der Waals surface area contributed by atoms with Crippen molar-refractivity contribution < 1.29 is 9.08 Å². The van der Waals surface area contributed by atoms with Gasteiger partial charge in [-0.05, 0) is 19.8 Å². The maximum atomic E-state index is 10.3. The summed E-state index contributed by atoms with van der Waals surface area (Å²) < 4.78 is 4.28. The highest BCUT2D eigenvalue weighted by molar-refractivity contribution is 6.07. The molecule has 0 aliphatic heterocycles. The van der Waals surface area contributed by atoms with Gasteiger partial charge in [0.05, 0.1) is 18.5 Å². The van der Waals surface area contributed by atoms with Gasteiger partial charge < -0.3 is 4.79 Å². The normalized spacial score (nSPS) is 9.56. The topological polar surface area (TPSA) is 26.3 Å². The van der Waals surface area contributed by atoms with Crippen LogP contribution in [-0.2, 0) is 9.08 Å². The molecule has 0 atom stereocenters. The number of hydrogen-bond donors (Lipinski definition) is 0. The van der Waals surface area contributed by atoms with Crippen LogP contribution in [0.25, 0.3) is 0 Å². The van der Waals surface area contributed by atoms with Crippen LogP contribution in [0.2, 0.25) is 0 Å². The molecule has 0 aliphatic carbocycles. The van der Waals surface area contributed by atoms with Gasteiger partial charge in [0.15, 0.2) is 0 Å². The highest BCUT2D eigenvalue weighted by Gasteiger charge is 1.91. The van der Waals surface area contributed by atoms with Crippen LogP contribution in [-0.4, -0.2) is 12.4 Å². The molecule has 0 rings (SSSR count). The molecule has 0 radical (unpaired) electrons. The summed E-state index contributed by atoms with van der Waals surface area (Å²) in [6.07, 6.45) is 2.38. The molecule has 0 aromatic carbocycles. The molecule has 2 nitrogen and oxygen atoms in total. The van der Waals surface area contributed by atoms with E-state index in [4.69, 9.17) is 11.9 Å². The Bertz CT molecular complexity index is 83.1. The Morgan fingerprint density at radius 3 is 2.67 bits per heavy atom. The fraction of sp³-hybridized carbons (Fsp3) is 0.833. The Morgan fingerprint density at radius 2 is 2.22 bits per heavy atom. The average Bonchev–Trinajstić information content (AvgIpc) is 1.80. The lowest BCUT2D eigenvalue weighted by atomic mass is 10.2. The monoisotopic (exact) mass is 150 g/mol. The summed E-state index contributed by atoms with van der Waals surface area (Å²) in [5, 5.41) is 0. The van der Waals surface area contributed by atoms with Crippen LogP contribution in [0.1, 0.15) is 26.2 Å². The van der Waals surface area contributed by atoms with Crippen LogP contribution in [0.15, 0.2) is 0 Å². The van der Waals surface area contributed by atoms with Gasteiger partial charge in [-0.15, -0.1) is 0 Å². The van der Waals surface area contributed by atoms with Crippen LogP contribution in [0, 0.1) is 0 Å². The molecule has 0 spiro atoms. The molecule has 54 valence electrons. The second kappa shape index (κ2) is 6.05. The minimum absolute atomic E-state index is 0.226. The zero-order valence-electron chi connectivity index (χ0n) is 5.52. The molecule has 0 fully saturated rings. The molecule has 0 amide bonds. The van der Waals surface area contributed by atoms with Crippen molar-refractivity contribution in [2.45, 2.75) is 26.2 Å². The van der Waals surface area contributed by atoms with Crippen LogP contribution < -0.4 is 0 Å². The zero-order valence-corrected chi connectivity index (χ0v) is 6.28. The molecule has 0 saturated heterocycles. The van der Waals surface area contributed by atoms with E-state index in [2.05, 4.69) is 4.29 Å². The quantitative estimate of drug-likeness (QED) is 0.560. The third-order valence-corrected chi connectivity index (χ3v) is 1.15. The zero-order chi connectivity index (χ0) is 7.11. The van der Waals surface area contributed by atoms with Crippen molar-refractivity contribution in [3.63, 3.8) is 0 Å². The molecule has 0 saturated carbocycles. The van der Waals surface area contributed by atoms with Gasteiger partial charge in [0, 0.05) is 6.42 Å². The number of carbonyl (C=O) groups is 1. The van der Waals surface area contributed by atoms with Gasteiger partial charge in [0.2, 0.25) is 0 Å². The van der Waals surface area contributed by atoms with Gasteiger partial charge in [0.1, 0.15) is 5.78 Å². The van der Waals surface area contributed by atoms with Crippen molar-refractivity contribution in [2.75, 3.05) is 6.61 Å². The minimum atomic E-state index is 0.226. The number of halogens is 1. The summed E-state index contributed by atoms with van der Waals surface area (Å²) >= 11 is 4.93. The van der Waals surface area contributed by atoms with Crippen LogP contribution in [0.5, 0.6) is 0 Å². The summed E-state index contributed by atoms with van der Waals surface area (Å²) in [4.78, 5) is 10.3.